The average molecular weight is 353 g/mol. The van der Waals surface area contributed by atoms with E-state index < -0.39 is 5.56 Å². The summed E-state index contributed by atoms with van der Waals surface area (Å²) < 4.78 is 0. The molecule has 0 saturated heterocycles. The Labute approximate surface area is 152 Å². The number of aromatic amines is 1. The van der Waals surface area contributed by atoms with Crippen LogP contribution in [0.1, 0.15) is 59.3 Å². The van der Waals surface area contributed by atoms with Gasteiger partial charge in [-0.15, -0.1) is 0 Å². The largest absolute Gasteiger partial charge is 0.333 e. The lowest BCUT2D eigenvalue weighted by atomic mass is 9.75. The number of H-pyrrole nitrogens is 1. The van der Waals surface area contributed by atoms with Crippen molar-refractivity contribution < 1.29 is 9.59 Å². The lowest BCUT2D eigenvalue weighted by Crippen LogP contribution is -2.37. The average Bonchev–Trinajstić information content (AvgIpc) is 2.58. The maximum absolute atomic E-state index is 12.9. The van der Waals surface area contributed by atoms with Crippen molar-refractivity contribution in [3.05, 3.63) is 63.3 Å². The zero-order chi connectivity index (χ0) is 18.9. The van der Waals surface area contributed by atoms with Gasteiger partial charge in [-0.25, -0.2) is 0 Å². The van der Waals surface area contributed by atoms with E-state index in [1.807, 2.05) is 39.0 Å². The molecular formula is C20H23N3O3. The Balaban J connectivity index is 1.93. The van der Waals surface area contributed by atoms with E-state index in [9.17, 15) is 14.4 Å². The van der Waals surface area contributed by atoms with Gasteiger partial charge in [0.25, 0.3) is 11.5 Å². The van der Waals surface area contributed by atoms with Crippen molar-refractivity contribution in [3.63, 3.8) is 0 Å². The fraction of sp³-hybridized carbons (Fsp3) is 0.400. The van der Waals surface area contributed by atoms with E-state index in [4.69, 9.17) is 0 Å². The van der Waals surface area contributed by atoms with Crippen molar-refractivity contribution in [2.75, 3.05) is 6.54 Å². The molecule has 0 saturated carbocycles. The molecule has 1 N–H and O–H groups in total. The Morgan fingerprint density at radius 3 is 2.69 bits per heavy atom. The van der Waals surface area contributed by atoms with E-state index in [-0.39, 0.29) is 22.7 Å². The Hall–Kier alpha value is -2.76. The molecule has 2 aromatic rings. The van der Waals surface area contributed by atoms with Crippen LogP contribution in [0.5, 0.6) is 0 Å². The number of Topliss-reactive ketones (excluding diaryl/α,β-unsaturated/α-hetero) is 1. The molecule has 26 heavy (non-hydrogen) atoms. The molecule has 0 aliphatic heterocycles. The normalized spacial score (nSPS) is 15.4. The van der Waals surface area contributed by atoms with Gasteiger partial charge in [-0.1, -0.05) is 19.9 Å². The number of hydrogen-bond acceptors (Lipinski definition) is 4. The summed E-state index contributed by atoms with van der Waals surface area (Å²) in [5.41, 5.74) is 1.21. The number of aromatic nitrogens is 2. The maximum Gasteiger partial charge on any atom is 0.261 e. The highest BCUT2D eigenvalue weighted by Crippen LogP contribution is 2.33. The Morgan fingerprint density at radius 1 is 1.27 bits per heavy atom. The van der Waals surface area contributed by atoms with Gasteiger partial charge in [-0.2, -0.15) is 0 Å². The van der Waals surface area contributed by atoms with Gasteiger partial charge < -0.3 is 9.88 Å². The number of amides is 1. The molecule has 2 heterocycles. The lowest BCUT2D eigenvalue weighted by molar-refractivity contribution is 0.0748. The minimum absolute atomic E-state index is 0.00888. The molecule has 1 aliphatic rings. The summed E-state index contributed by atoms with van der Waals surface area (Å²) in [5.74, 6) is -0.422. The van der Waals surface area contributed by atoms with Crippen molar-refractivity contribution in [3.8, 4) is 0 Å². The molecule has 0 radical (unpaired) electrons. The number of carbonyl (C=O) groups is 2. The fourth-order valence-corrected chi connectivity index (χ4v) is 3.37. The zero-order valence-corrected chi connectivity index (χ0v) is 15.3. The quantitative estimate of drug-likeness (QED) is 0.916. The molecule has 0 fully saturated rings. The Morgan fingerprint density at radius 2 is 2.04 bits per heavy atom. The third kappa shape index (κ3) is 3.59. The van der Waals surface area contributed by atoms with Gasteiger partial charge in [-0.3, -0.25) is 19.4 Å². The van der Waals surface area contributed by atoms with Crippen LogP contribution in [-0.4, -0.2) is 33.1 Å². The number of nitrogens with zero attached hydrogens (tertiary/aromatic N) is 2. The molecule has 6 nitrogen and oxygen atoms in total. The maximum atomic E-state index is 12.9. The summed E-state index contributed by atoms with van der Waals surface area (Å²) in [6, 6.07) is 6.96. The summed E-state index contributed by atoms with van der Waals surface area (Å²) in [4.78, 5) is 46.4. The number of nitrogens with one attached hydrogen (secondary N) is 1. The van der Waals surface area contributed by atoms with Gasteiger partial charge in [0.05, 0.1) is 12.2 Å². The highest BCUT2D eigenvalue weighted by atomic mass is 16.2. The van der Waals surface area contributed by atoms with Gasteiger partial charge in [0.1, 0.15) is 5.56 Å². The van der Waals surface area contributed by atoms with Crippen LogP contribution < -0.4 is 5.56 Å². The first-order valence-corrected chi connectivity index (χ1v) is 8.79. The van der Waals surface area contributed by atoms with Crippen LogP contribution in [-0.2, 0) is 13.0 Å². The van der Waals surface area contributed by atoms with Crippen molar-refractivity contribution in [1.82, 2.24) is 14.9 Å². The second kappa shape index (κ2) is 6.86. The smallest absolute Gasteiger partial charge is 0.261 e. The van der Waals surface area contributed by atoms with Gasteiger partial charge in [0.15, 0.2) is 5.78 Å². The predicted octanol–water partition coefficient (Wildman–Crippen LogP) is 2.59. The monoisotopic (exact) mass is 353 g/mol. The van der Waals surface area contributed by atoms with E-state index in [1.165, 1.54) is 6.07 Å². The standard InChI is InChI=1S/C20H23N3O3/c1-4-23(12-13-7-5-6-8-21-13)19(26)15-9-14-16(22-18(15)25)10-20(2,3)11-17(14)24/h5-9H,4,10-12H2,1-3H3,(H,22,25). The summed E-state index contributed by atoms with van der Waals surface area (Å²) in [7, 11) is 0. The number of ketones is 1. The van der Waals surface area contributed by atoms with E-state index >= 15 is 0 Å². The van der Waals surface area contributed by atoms with Crippen LogP contribution in [0.2, 0.25) is 0 Å². The number of pyridine rings is 2. The van der Waals surface area contributed by atoms with Crippen molar-refractivity contribution in [2.45, 2.75) is 40.2 Å². The number of fused-ring (bicyclic) bond motifs is 1. The first-order chi connectivity index (χ1) is 12.3. The number of hydrogen-bond donors (Lipinski definition) is 1. The molecule has 0 atom stereocenters. The van der Waals surface area contributed by atoms with E-state index in [0.717, 1.165) is 5.69 Å². The number of carbonyl (C=O) groups excluding carboxylic acids is 2. The van der Waals surface area contributed by atoms with Crippen LogP contribution in [0.15, 0.2) is 35.3 Å². The molecule has 3 rings (SSSR count). The van der Waals surface area contributed by atoms with Gasteiger partial charge in [-0.05, 0) is 37.0 Å². The topological polar surface area (TPSA) is 83.1 Å². The van der Waals surface area contributed by atoms with Crippen LogP contribution in [0, 0.1) is 5.41 Å². The summed E-state index contributed by atoms with van der Waals surface area (Å²) in [6.07, 6.45) is 2.69. The molecule has 0 bridgehead atoms. The van der Waals surface area contributed by atoms with Gasteiger partial charge >= 0.3 is 0 Å². The van der Waals surface area contributed by atoms with Crippen LogP contribution >= 0.6 is 0 Å². The Bertz CT molecular complexity index is 900. The molecule has 6 heteroatoms. The Kier molecular flexibility index (Phi) is 4.76. The van der Waals surface area contributed by atoms with Crippen LogP contribution in [0.25, 0.3) is 0 Å². The lowest BCUT2D eigenvalue weighted by Gasteiger charge is -2.30. The van der Waals surface area contributed by atoms with Gasteiger partial charge in [0.2, 0.25) is 0 Å². The molecule has 136 valence electrons. The minimum Gasteiger partial charge on any atom is -0.333 e. The zero-order valence-electron chi connectivity index (χ0n) is 15.3. The molecule has 0 unspecified atom stereocenters. The minimum atomic E-state index is -0.446. The summed E-state index contributed by atoms with van der Waals surface area (Å²) >= 11 is 0. The molecule has 1 aliphatic carbocycles. The third-order valence-corrected chi connectivity index (χ3v) is 4.70. The molecule has 0 spiro atoms. The van der Waals surface area contributed by atoms with Crippen LogP contribution in [0.4, 0.5) is 0 Å². The third-order valence-electron chi connectivity index (χ3n) is 4.70. The number of rotatable bonds is 4. The first kappa shape index (κ1) is 18.0. The fourth-order valence-electron chi connectivity index (χ4n) is 3.37. The van der Waals surface area contributed by atoms with Crippen molar-refractivity contribution in [2.24, 2.45) is 5.41 Å². The first-order valence-electron chi connectivity index (χ1n) is 8.79. The molecular weight excluding hydrogens is 330 g/mol. The van der Waals surface area contributed by atoms with E-state index in [2.05, 4.69) is 9.97 Å². The van der Waals surface area contributed by atoms with E-state index in [1.54, 1.807) is 11.1 Å². The van der Waals surface area contributed by atoms with Crippen molar-refractivity contribution >= 4 is 11.7 Å². The van der Waals surface area contributed by atoms with E-state index in [0.29, 0.717) is 37.2 Å². The highest BCUT2D eigenvalue weighted by Gasteiger charge is 2.33. The molecule has 0 aromatic carbocycles. The second-order valence-electron chi connectivity index (χ2n) is 7.49. The van der Waals surface area contributed by atoms with Gasteiger partial charge in [0, 0.05) is 30.4 Å². The van der Waals surface area contributed by atoms with Crippen LogP contribution in [0.3, 0.4) is 0 Å². The predicted molar refractivity (Wildman–Crippen MR) is 98.1 cm³/mol. The van der Waals surface area contributed by atoms with Crippen molar-refractivity contribution in [1.29, 1.82) is 0 Å². The summed E-state index contributed by atoms with van der Waals surface area (Å²) in [5, 5.41) is 0. The highest BCUT2D eigenvalue weighted by molar-refractivity contribution is 6.02. The second-order valence-corrected chi connectivity index (χ2v) is 7.49. The molecule has 1 amide bonds. The summed E-state index contributed by atoms with van der Waals surface area (Å²) in [6.45, 7) is 6.59. The molecule has 2 aromatic heterocycles. The SMILES string of the molecule is CCN(Cc1ccccn1)C(=O)c1cc2c([nH]c1=O)CC(C)(C)CC2=O.